The van der Waals surface area contributed by atoms with Gasteiger partial charge in [-0.2, -0.15) is 0 Å². The maximum atomic E-state index is 12.9. The van der Waals surface area contributed by atoms with Gasteiger partial charge in [-0.15, -0.1) is 0 Å². The molecule has 0 aliphatic heterocycles. The summed E-state index contributed by atoms with van der Waals surface area (Å²) < 4.78 is 17.4. The maximum Gasteiger partial charge on any atom is 0.291 e. The number of nitro benzene ring substituents is 1. The Morgan fingerprint density at radius 1 is 0.833 bits per heavy atom. The Kier molecular flexibility index (Phi) is 8.06. The number of anilines is 1. The normalized spacial score (nSPS) is 11.1. The molecule has 1 aromatic heterocycles. The summed E-state index contributed by atoms with van der Waals surface area (Å²) in [6, 6.07) is 32.7. The third kappa shape index (κ3) is 6.67. The fourth-order valence-electron chi connectivity index (χ4n) is 4.48. The van der Waals surface area contributed by atoms with Crippen molar-refractivity contribution in [2.75, 3.05) is 5.32 Å². The van der Waals surface area contributed by atoms with Gasteiger partial charge < -0.3 is 19.2 Å². The van der Waals surface area contributed by atoms with Crippen LogP contribution in [0.25, 0.3) is 0 Å². The van der Waals surface area contributed by atoms with Gasteiger partial charge in [-0.3, -0.25) is 14.9 Å². The second kappa shape index (κ2) is 12.0. The quantitative estimate of drug-likeness (QED) is 0.135. The van der Waals surface area contributed by atoms with Gasteiger partial charge in [-0.1, -0.05) is 74.0 Å². The SMILES string of the molecule is Cc1ccc(Oc2cc(NC(=O)c3ccc(COc4ccc(C(C)(C)c5ccccc5)cc4)o3)cc([N+](=O)[O-])c2)cc1. The van der Waals surface area contributed by atoms with E-state index in [9.17, 15) is 14.9 Å². The van der Waals surface area contributed by atoms with E-state index in [0.29, 0.717) is 17.3 Å². The summed E-state index contributed by atoms with van der Waals surface area (Å²) in [7, 11) is 0. The number of furan rings is 1. The zero-order valence-electron chi connectivity index (χ0n) is 23.5. The average molecular weight is 563 g/mol. The number of hydrogen-bond donors (Lipinski definition) is 1. The molecule has 0 aliphatic carbocycles. The van der Waals surface area contributed by atoms with E-state index < -0.39 is 10.8 Å². The molecule has 4 aromatic carbocycles. The van der Waals surface area contributed by atoms with Crippen LogP contribution in [0, 0.1) is 17.0 Å². The van der Waals surface area contributed by atoms with Crippen molar-refractivity contribution in [2.24, 2.45) is 0 Å². The molecular formula is C34H30N2O6. The first kappa shape index (κ1) is 28.2. The summed E-state index contributed by atoms with van der Waals surface area (Å²) in [6.45, 7) is 6.43. The van der Waals surface area contributed by atoms with Crippen molar-refractivity contribution in [3.8, 4) is 17.2 Å². The summed E-state index contributed by atoms with van der Waals surface area (Å²) >= 11 is 0. The van der Waals surface area contributed by atoms with E-state index in [-0.39, 0.29) is 34.9 Å². The van der Waals surface area contributed by atoms with E-state index in [1.807, 2.05) is 61.5 Å². The summed E-state index contributed by atoms with van der Waals surface area (Å²) in [4.78, 5) is 23.8. The number of rotatable bonds is 10. The summed E-state index contributed by atoms with van der Waals surface area (Å²) in [5.74, 6) is 1.34. The molecule has 0 atom stereocenters. The number of benzene rings is 4. The van der Waals surface area contributed by atoms with Gasteiger partial charge in [-0.05, 0) is 54.4 Å². The van der Waals surface area contributed by atoms with Crippen LogP contribution in [0.4, 0.5) is 11.4 Å². The third-order valence-corrected chi connectivity index (χ3v) is 6.95. The minimum absolute atomic E-state index is 0.0427. The van der Waals surface area contributed by atoms with Crippen molar-refractivity contribution in [3.63, 3.8) is 0 Å². The number of nitrogens with one attached hydrogen (secondary N) is 1. The van der Waals surface area contributed by atoms with Crippen LogP contribution < -0.4 is 14.8 Å². The van der Waals surface area contributed by atoms with Crippen molar-refractivity contribution >= 4 is 17.3 Å². The van der Waals surface area contributed by atoms with Crippen molar-refractivity contribution < 1.29 is 23.6 Å². The Balaban J connectivity index is 1.22. The number of hydrogen-bond acceptors (Lipinski definition) is 6. The molecule has 212 valence electrons. The number of carbonyl (C=O) groups is 1. The first-order chi connectivity index (χ1) is 20.2. The van der Waals surface area contributed by atoms with Gasteiger partial charge >= 0.3 is 0 Å². The van der Waals surface area contributed by atoms with Gasteiger partial charge in [0.2, 0.25) is 0 Å². The predicted molar refractivity (Wildman–Crippen MR) is 160 cm³/mol. The Bertz CT molecular complexity index is 1690. The zero-order valence-corrected chi connectivity index (χ0v) is 23.5. The summed E-state index contributed by atoms with van der Waals surface area (Å²) in [5, 5.41) is 14.1. The number of nitro groups is 1. The molecule has 8 heteroatoms. The molecular weight excluding hydrogens is 532 g/mol. The monoisotopic (exact) mass is 562 g/mol. The molecule has 1 heterocycles. The van der Waals surface area contributed by atoms with E-state index in [1.54, 1.807) is 18.2 Å². The second-order valence-corrected chi connectivity index (χ2v) is 10.4. The molecule has 1 amide bonds. The highest BCUT2D eigenvalue weighted by molar-refractivity contribution is 6.02. The minimum Gasteiger partial charge on any atom is -0.486 e. The third-order valence-electron chi connectivity index (χ3n) is 6.95. The molecule has 0 spiro atoms. The van der Waals surface area contributed by atoms with Gasteiger partial charge in [0.05, 0.1) is 16.7 Å². The van der Waals surface area contributed by atoms with Crippen LogP contribution in [-0.4, -0.2) is 10.8 Å². The topological polar surface area (TPSA) is 104 Å². The van der Waals surface area contributed by atoms with Crippen molar-refractivity contribution in [1.29, 1.82) is 0 Å². The molecule has 0 saturated heterocycles. The van der Waals surface area contributed by atoms with E-state index in [2.05, 4.69) is 31.3 Å². The Morgan fingerprint density at radius 2 is 1.50 bits per heavy atom. The molecule has 0 saturated carbocycles. The first-order valence-corrected chi connectivity index (χ1v) is 13.4. The highest BCUT2D eigenvalue weighted by atomic mass is 16.6. The Labute approximate surface area is 243 Å². The van der Waals surface area contributed by atoms with Gasteiger partial charge in [0, 0.05) is 17.5 Å². The van der Waals surface area contributed by atoms with Crippen LogP contribution in [0.15, 0.2) is 114 Å². The number of non-ortho nitro benzene ring substituents is 1. The summed E-state index contributed by atoms with van der Waals surface area (Å²) in [5.41, 5.74) is 3.26. The standard InChI is InChI=1S/C34H30N2O6/c1-23-9-13-29(14-10-23)41-31-20-26(19-27(21-31)36(38)39)35-33(37)32-18-17-30(42-32)22-40-28-15-11-25(12-16-28)34(2,3)24-7-5-4-6-8-24/h4-21H,22H2,1-3H3,(H,35,37). The molecule has 0 unspecified atom stereocenters. The number of aryl methyl sites for hydroxylation is 1. The highest BCUT2D eigenvalue weighted by Gasteiger charge is 2.23. The molecule has 5 rings (SSSR count). The summed E-state index contributed by atoms with van der Waals surface area (Å²) in [6.07, 6.45) is 0. The highest BCUT2D eigenvalue weighted by Crippen LogP contribution is 2.33. The van der Waals surface area contributed by atoms with Gasteiger partial charge in [0.15, 0.2) is 5.76 Å². The van der Waals surface area contributed by atoms with Crippen LogP contribution in [0.1, 0.15) is 46.9 Å². The van der Waals surface area contributed by atoms with E-state index in [0.717, 1.165) is 11.1 Å². The second-order valence-electron chi connectivity index (χ2n) is 10.4. The van der Waals surface area contributed by atoms with Gasteiger partial charge in [0.1, 0.15) is 29.6 Å². The van der Waals surface area contributed by atoms with Crippen LogP contribution >= 0.6 is 0 Å². The van der Waals surface area contributed by atoms with E-state index in [4.69, 9.17) is 13.9 Å². The number of ether oxygens (including phenoxy) is 2. The first-order valence-electron chi connectivity index (χ1n) is 13.4. The molecule has 0 fully saturated rings. The van der Waals surface area contributed by atoms with E-state index in [1.165, 1.54) is 29.8 Å². The lowest BCUT2D eigenvalue weighted by molar-refractivity contribution is -0.384. The minimum atomic E-state index is -0.560. The maximum absolute atomic E-state index is 12.9. The lowest BCUT2D eigenvalue weighted by atomic mass is 9.78. The molecule has 1 N–H and O–H groups in total. The van der Waals surface area contributed by atoms with Crippen LogP contribution in [0.2, 0.25) is 0 Å². The number of carbonyl (C=O) groups excluding carboxylic acids is 1. The molecule has 0 radical (unpaired) electrons. The predicted octanol–water partition coefficient (Wildman–Crippen LogP) is 8.45. The molecule has 8 nitrogen and oxygen atoms in total. The average Bonchev–Trinajstić information content (AvgIpc) is 3.47. The Hall–Kier alpha value is -5.37. The molecule has 0 aliphatic rings. The van der Waals surface area contributed by atoms with E-state index >= 15 is 0 Å². The van der Waals surface area contributed by atoms with Crippen LogP contribution in [0.5, 0.6) is 17.2 Å². The zero-order chi connectivity index (χ0) is 29.7. The van der Waals surface area contributed by atoms with Crippen LogP contribution in [-0.2, 0) is 12.0 Å². The molecule has 42 heavy (non-hydrogen) atoms. The van der Waals surface area contributed by atoms with Crippen molar-refractivity contribution in [2.45, 2.75) is 32.8 Å². The van der Waals surface area contributed by atoms with Crippen molar-refractivity contribution in [1.82, 2.24) is 0 Å². The lowest BCUT2D eigenvalue weighted by Gasteiger charge is -2.26. The number of nitrogens with zero attached hydrogens (tertiary/aromatic N) is 1. The smallest absolute Gasteiger partial charge is 0.291 e. The Morgan fingerprint density at radius 3 is 2.19 bits per heavy atom. The fourth-order valence-corrected chi connectivity index (χ4v) is 4.48. The fraction of sp³-hybridized carbons (Fsp3) is 0.147. The van der Waals surface area contributed by atoms with Gasteiger partial charge in [0.25, 0.3) is 11.6 Å². The lowest BCUT2D eigenvalue weighted by Crippen LogP contribution is -2.18. The van der Waals surface area contributed by atoms with Gasteiger partial charge in [-0.25, -0.2) is 0 Å². The van der Waals surface area contributed by atoms with Crippen molar-refractivity contribution in [3.05, 3.63) is 148 Å². The number of amides is 1. The molecule has 5 aromatic rings. The largest absolute Gasteiger partial charge is 0.486 e. The molecule has 0 bridgehead atoms. The van der Waals surface area contributed by atoms with Crippen LogP contribution in [0.3, 0.4) is 0 Å².